The minimum absolute atomic E-state index is 1.36. The summed E-state index contributed by atoms with van der Waals surface area (Å²) in [6.45, 7) is 6.05. The number of hydrogen-bond acceptors (Lipinski definition) is 0. The number of hydrogen-bond donors (Lipinski definition) is 0. The van der Waals surface area contributed by atoms with Gasteiger partial charge in [-0.25, -0.2) is 0 Å². The van der Waals surface area contributed by atoms with Crippen molar-refractivity contribution >= 4 is 13.3 Å². The molecule has 0 fully saturated rings. The van der Waals surface area contributed by atoms with Crippen LogP contribution in [0, 0.1) is 0 Å². The summed E-state index contributed by atoms with van der Waals surface area (Å²) in [4.78, 5) is 0. The first-order valence-electron chi connectivity index (χ1n) is 2.60. The van der Waals surface area contributed by atoms with Gasteiger partial charge in [-0.1, -0.05) is 0 Å². The molecule has 0 amide bonds. The molecule has 0 N–H and O–H groups in total. The Morgan fingerprint density at radius 3 is 1.43 bits per heavy atom. The van der Waals surface area contributed by atoms with E-state index >= 15 is 0 Å². The van der Waals surface area contributed by atoms with Crippen LogP contribution in [-0.2, 0) is 0 Å². The summed E-state index contributed by atoms with van der Waals surface area (Å²) in [6, 6.07) is 0. The summed E-state index contributed by atoms with van der Waals surface area (Å²) in [7, 11) is 0. The average molecular weight is 159 g/mol. The van der Waals surface area contributed by atoms with Crippen LogP contribution < -0.4 is 0 Å². The predicted octanol–water partition coefficient (Wildman–Crippen LogP) is 2.44. The van der Waals surface area contributed by atoms with E-state index in [9.17, 15) is 0 Å². The number of rotatable bonds is 1. The molecule has 0 aliphatic rings. The van der Waals surface area contributed by atoms with Crippen LogP contribution in [-0.4, -0.2) is 13.3 Å². The zero-order valence-electron chi connectivity index (χ0n) is 5.71. The first-order valence-corrected chi connectivity index (χ1v) is 9.95. The summed E-state index contributed by atoms with van der Waals surface area (Å²) >= 11 is -1.36. The fraction of sp³-hybridized carbons (Fsp3) is 0.667. The van der Waals surface area contributed by atoms with Crippen LogP contribution in [0.15, 0.2) is 11.0 Å². The minimum atomic E-state index is -1.36. The van der Waals surface area contributed by atoms with E-state index in [0.29, 0.717) is 0 Å². The molecule has 0 radical (unpaired) electrons. The monoisotopic (exact) mass is 160 g/mol. The second-order valence-electron chi connectivity index (χ2n) is 3.03. The molecule has 0 atom stereocenters. The van der Waals surface area contributed by atoms with Gasteiger partial charge in [0.05, 0.1) is 0 Å². The number of allylic oxidation sites excluding steroid dienone is 1. The maximum atomic E-state index is 3.91. The summed E-state index contributed by atoms with van der Waals surface area (Å²) in [5.74, 6) is 7.05. The van der Waals surface area contributed by atoms with Gasteiger partial charge in [-0.2, -0.15) is 0 Å². The Morgan fingerprint density at radius 2 is 1.43 bits per heavy atom. The van der Waals surface area contributed by atoms with Crippen molar-refractivity contribution in [3.8, 4) is 0 Å². The molecule has 1 heteroatoms. The normalized spacial score (nSPS) is 11.4. The Hall–Kier alpha value is 0.283. The van der Waals surface area contributed by atoms with Crippen molar-refractivity contribution in [2.75, 3.05) is 0 Å². The standard InChI is InChI=1S/C6H14Ge/c1-6(2)7(3,4)5/h1H2,2-5H3. The van der Waals surface area contributed by atoms with Crippen LogP contribution in [0.25, 0.3) is 0 Å². The second-order valence-corrected chi connectivity index (χ2v) is 14.3. The maximum absolute atomic E-state index is 3.91. The van der Waals surface area contributed by atoms with Crippen molar-refractivity contribution < 1.29 is 0 Å². The van der Waals surface area contributed by atoms with Crippen LogP contribution in [0.4, 0.5) is 0 Å². The van der Waals surface area contributed by atoms with Gasteiger partial charge >= 0.3 is 48.4 Å². The van der Waals surface area contributed by atoms with Crippen molar-refractivity contribution in [2.24, 2.45) is 0 Å². The first kappa shape index (κ1) is 7.28. The van der Waals surface area contributed by atoms with E-state index in [4.69, 9.17) is 0 Å². The third-order valence-electron chi connectivity index (χ3n) is 1.28. The molecule has 42 valence electrons. The Labute approximate surface area is 49.0 Å². The van der Waals surface area contributed by atoms with Gasteiger partial charge in [-0.15, -0.1) is 0 Å². The second kappa shape index (κ2) is 2.03. The van der Waals surface area contributed by atoms with Gasteiger partial charge in [0, 0.05) is 0 Å². The molecule has 0 aliphatic carbocycles. The van der Waals surface area contributed by atoms with Gasteiger partial charge in [-0.05, 0) is 0 Å². The molecule has 0 aromatic heterocycles. The molecule has 7 heavy (non-hydrogen) atoms. The molecule has 0 nitrogen and oxygen atoms in total. The molecule has 0 aliphatic heterocycles. The van der Waals surface area contributed by atoms with E-state index in [1.54, 1.807) is 0 Å². The van der Waals surface area contributed by atoms with Crippen molar-refractivity contribution in [1.82, 2.24) is 0 Å². The topological polar surface area (TPSA) is 0 Å². The Balaban J connectivity index is 3.79. The van der Waals surface area contributed by atoms with Gasteiger partial charge in [0.15, 0.2) is 0 Å². The van der Waals surface area contributed by atoms with Crippen LogP contribution in [0.1, 0.15) is 6.92 Å². The van der Waals surface area contributed by atoms with Crippen molar-refractivity contribution in [3.05, 3.63) is 11.0 Å². The van der Waals surface area contributed by atoms with Crippen LogP contribution in [0.5, 0.6) is 0 Å². The van der Waals surface area contributed by atoms with E-state index in [1.165, 1.54) is 4.41 Å². The van der Waals surface area contributed by atoms with Crippen molar-refractivity contribution in [1.29, 1.82) is 0 Å². The molecular formula is C6H14Ge. The fourth-order valence-corrected chi connectivity index (χ4v) is 0. The summed E-state index contributed by atoms with van der Waals surface area (Å²) in [5, 5.41) is 0. The molecule has 0 bridgehead atoms. The predicted molar refractivity (Wildman–Crippen MR) is 38.2 cm³/mol. The molecule has 0 unspecified atom stereocenters. The summed E-state index contributed by atoms with van der Waals surface area (Å²) < 4.78 is 1.43. The third-order valence-corrected chi connectivity index (χ3v) is 6.65. The van der Waals surface area contributed by atoms with E-state index in [-0.39, 0.29) is 0 Å². The molecule has 0 heterocycles. The SMILES string of the molecule is C=[C](C)[Ge]([CH3])([CH3])[CH3]. The van der Waals surface area contributed by atoms with Gasteiger partial charge in [-0.3, -0.25) is 0 Å². The first-order chi connectivity index (χ1) is 2.94. The van der Waals surface area contributed by atoms with Gasteiger partial charge in [0.25, 0.3) is 0 Å². The van der Waals surface area contributed by atoms with E-state index in [0.717, 1.165) is 0 Å². The van der Waals surface area contributed by atoms with Crippen LogP contribution >= 0.6 is 0 Å². The van der Waals surface area contributed by atoms with Crippen molar-refractivity contribution in [2.45, 2.75) is 24.2 Å². The Bertz CT molecular complexity index is 76.7. The molecular weight excluding hydrogens is 145 g/mol. The van der Waals surface area contributed by atoms with Crippen LogP contribution in [0.2, 0.25) is 17.3 Å². The van der Waals surface area contributed by atoms with Gasteiger partial charge < -0.3 is 0 Å². The molecule has 0 saturated heterocycles. The quantitative estimate of drug-likeness (QED) is 0.515. The van der Waals surface area contributed by atoms with Crippen LogP contribution in [0.3, 0.4) is 0 Å². The molecule has 0 aromatic carbocycles. The molecule has 0 aromatic rings. The average Bonchev–Trinajstić information content (AvgIpc) is 1.31. The van der Waals surface area contributed by atoms with E-state index < -0.39 is 13.3 Å². The summed E-state index contributed by atoms with van der Waals surface area (Å²) in [5.41, 5.74) is 0. The van der Waals surface area contributed by atoms with Crippen molar-refractivity contribution in [3.63, 3.8) is 0 Å². The third kappa shape index (κ3) is 2.92. The fourth-order valence-electron chi connectivity index (χ4n) is 0. The van der Waals surface area contributed by atoms with Gasteiger partial charge in [0.2, 0.25) is 0 Å². The summed E-state index contributed by atoms with van der Waals surface area (Å²) in [6.07, 6.45) is 0. The zero-order valence-corrected chi connectivity index (χ0v) is 7.81. The molecule has 0 rings (SSSR count). The zero-order chi connectivity index (χ0) is 6.08. The van der Waals surface area contributed by atoms with E-state index in [2.05, 4.69) is 30.8 Å². The Kier molecular flexibility index (Phi) is 2.12. The molecule has 0 saturated carbocycles. The Morgan fingerprint density at radius 1 is 1.29 bits per heavy atom. The molecule has 0 spiro atoms. The van der Waals surface area contributed by atoms with Gasteiger partial charge in [0.1, 0.15) is 0 Å². The van der Waals surface area contributed by atoms with E-state index in [1.807, 2.05) is 0 Å².